The highest BCUT2D eigenvalue weighted by molar-refractivity contribution is 6.04. The maximum absolute atomic E-state index is 6.32. The van der Waals surface area contributed by atoms with E-state index in [4.69, 9.17) is 19.7 Å². The van der Waals surface area contributed by atoms with Crippen LogP contribution in [-0.2, 0) is 0 Å². The van der Waals surface area contributed by atoms with E-state index in [0.717, 1.165) is 56.0 Å². The first-order valence-electron chi connectivity index (χ1n) is 15.7. The zero-order chi connectivity index (χ0) is 31.2. The Bertz CT molecular complexity index is 2360. The SMILES string of the molecule is c1ccc(-c2nc(-c3ccccc3)nc(-c3cccc(-c4ccc(-c5ccc6c(c5)-c5cccc7cccc(c57)O6)cc4)c3)n2)cc1. The van der Waals surface area contributed by atoms with Crippen molar-refractivity contribution in [3.8, 4) is 79.0 Å². The second-order valence-electron chi connectivity index (χ2n) is 11.7. The second kappa shape index (κ2) is 11.2. The van der Waals surface area contributed by atoms with Gasteiger partial charge in [-0.15, -0.1) is 0 Å². The molecule has 4 nitrogen and oxygen atoms in total. The Labute approximate surface area is 272 Å². The second-order valence-corrected chi connectivity index (χ2v) is 11.7. The highest BCUT2D eigenvalue weighted by Crippen LogP contribution is 2.47. The lowest BCUT2D eigenvalue weighted by molar-refractivity contribution is 0.487. The summed E-state index contributed by atoms with van der Waals surface area (Å²) >= 11 is 0. The Morgan fingerprint density at radius 2 is 0.830 bits per heavy atom. The van der Waals surface area contributed by atoms with Crippen LogP contribution in [0.4, 0.5) is 0 Å². The zero-order valence-corrected chi connectivity index (χ0v) is 25.3. The Hall–Kier alpha value is -6.39. The standard InChI is InChI=1S/C43H27N3O/c1-3-10-31(11-4-1)41-44-42(32-12-5-2-6-13-32)46-43(45-41)35-17-7-16-33(26-35)28-20-22-29(23-21-28)34-24-25-38-37(27-34)36-18-8-14-30-15-9-19-39(47-38)40(30)36/h1-27H. The molecule has 0 aliphatic carbocycles. The minimum atomic E-state index is 0.643. The molecule has 0 atom stereocenters. The van der Waals surface area contributed by atoms with Crippen molar-refractivity contribution in [1.82, 2.24) is 15.0 Å². The molecule has 220 valence electrons. The summed E-state index contributed by atoms with van der Waals surface area (Å²) in [6.45, 7) is 0. The van der Waals surface area contributed by atoms with Crippen LogP contribution in [-0.4, -0.2) is 15.0 Å². The molecule has 1 aromatic heterocycles. The van der Waals surface area contributed by atoms with Crippen LogP contribution in [0, 0.1) is 0 Å². The van der Waals surface area contributed by atoms with Crippen molar-refractivity contribution in [2.45, 2.75) is 0 Å². The van der Waals surface area contributed by atoms with E-state index in [0.29, 0.717) is 17.5 Å². The van der Waals surface area contributed by atoms with Gasteiger partial charge in [-0.1, -0.05) is 140 Å². The van der Waals surface area contributed by atoms with Crippen molar-refractivity contribution in [2.75, 3.05) is 0 Å². The van der Waals surface area contributed by atoms with E-state index in [9.17, 15) is 0 Å². The van der Waals surface area contributed by atoms with Gasteiger partial charge in [0, 0.05) is 27.6 Å². The molecule has 1 aliphatic heterocycles. The molecule has 0 unspecified atom stereocenters. The molecule has 0 saturated carbocycles. The van der Waals surface area contributed by atoms with Gasteiger partial charge >= 0.3 is 0 Å². The van der Waals surface area contributed by atoms with Crippen LogP contribution in [0.25, 0.3) is 78.3 Å². The van der Waals surface area contributed by atoms with Crippen molar-refractivity contribution in [2.24, 2.45) is 0 Å². The van der Waals surface area contributed by atoms with Gasteiger partial charge in [0.1, 0.15) is 11.5 Å². The molecule has 9 rings (SSSR count). The summed E-state index contributed by atoms with van der Waals surface area (Å²) in [4.78, 5) is 14.7. The number of rotatable bonds is 5. The lowest BCUT2D eigenvalue weighted by Gasteiger charge is -2.22. The number of nitrogens with zero attached hydrogens (tertiary/aromatic N) is 3. The predicted molar refractivity (Wildman–Crippen MR) is 190 cm³/mol. The van der Waals surface area contributed by atoms with E-state index >= 15 is 0 Å². The lowest BCUT2D eigenvalue weighted by Crippen LogP contribution is -2.00. The van der Waals surface area contributed by atoms with Gasteiger partial charge in [0.05, 0.1) is 0 Å². The molecule has 2 heterocycles. The van der Waals surface area contributed by atoms with Crippen LogP contribution in [0.5, 0.6) is 11.5 Å². The van der Waals surface area contributed by atoms with Crippen LogP contribution >= 0.6 is 0 Å². The first-order chi connectivity index (χ1) is 23.3. The fourth-order valence-electron chi connectivity index (χ4n) is 6.37. The minimum absolute atomic E-state index is 0.643. The molecule has 8 aromatic rings. The highest BCUT2D eigenvalue weighted by atomic mass is 16.5. The summed E-state index contributed by atoms with van der Waals surface area (Å²) in [6, 6.07) is 56.4. The molecule has 1 aliphatic rings. The van der Waals surface area contributed by atoms with Crippen LogP contribution in [0.15, 0.2) is 164 Å². The summed E-state index contributed by atoms with van der Waals surface area (Å²) < 4.78 is 6.32. The van der Waals surface area contributed by atoms with Crippen LogP contribution in [0.3, 0.4) is 0 Å². The van der Waals surface area contributed by atoms with E-state index in [2.05, 4.69) is 91.0 Å². The summed E-state index contributed by atoms with van der Waals surface area (Å²) in [5.74, 6) is 3.75. The Morgan fingerprint density at radius 1 is 0.319 bits per heavy atom. The van der Waals surface area contributed by atoms with Crippen LogP contribution in [0.2, 0.25) is 0 Å². The van der Waals surface area contributed by atoms with Gasteiger partial charge < -0.3 is 4.74 Å². The van der Waals surface area contributed by atoms with E-state index in [-0.39, 0.29) is 0 Å². The lowest BCUT2D eigenvalue weighted by atomic mass is 9.92. The van der Waals surface area contributed by atoms with Crippen LogP contribution in [0.1, 0.15) is 0 Å². The number of ether oxygens (including phenoxy) is 1. The maximum Gasteiger partial charge on any atom is 0.164 e. The maximum atomic E-state index is 6.32. The third-order valence-corrected chi connectivity index (χ3v) is 8.73. The Kier molecular flexibility index (Phi) is 6.43. The van der Waals surface area contributed by atoms with Crippen molar-refractivity contribution < 1.29 is 4.74 Å². The largest absolute Gasteiger partial charge is 0.456 e. The summed E-state index contributed by atoms with van der Waals surface area (Å²) in [6.07, 6.45) is 0. The number of hydrogen-bond donors (Lipinski definition) is 0. The predicted octanol–water partition coefficient (Wildman–Crippen LogP) is 11.1. The topological polar surface area (TPSA) is 47.9 Å². The van der Waals surface area contributed by atoms with E-state index in [1.54, 1.807) is 0 Å². The molecule has 0 N–H and O–H groups in total. The molecule has 0 fully saturated rings. The van der Waals surface area contributed by atoms with Gasteiger partial charge in [0.2, 0.25) is 0 Å². The fourth-order valence-corrected chi connectivity index (χ4v) is 6.37. The molecule has 0 bridgehead atoms. The van der Waals surface area contributed by atoms with Crippen molar-refractivity contribution in [3.05, 3.63) is 164 Å². The molecule has 4 heteroatoms. The molecule has 7 aromatic carbocycles. The van der Waals surface area contributed by atoms with Crippen molar-refractivity contribution in [1.29, 1.82) is 0 Å². The molecule has 0 amide bonds. The quantitative estimate of drug-likeness (QED) is 0.197. The van der Waals surface area contributed by atoms with Gasteiger partial charge in [-0.05, 0) is 57.5 Å². The van der Waals surface area contributed by atoms with Gasteiger partial charge in [0.25, 0.3) is 0 Å². The van der Waals surface area contributed by atoms with Gasteiger partial charge in [-0.25, -0.2) is 15.0 Å². The third kappa shape index (κ3) is 4.93. The highest BCUT2D eigenvalue weighted by Gasteiger charge is 2.20. The van der Waals surface area contributed by atoms with Gasteiger partial charge in [0.15, 0.2) is 17.5 Å². The van der Waals surface area contributed by atoms with E-state index in [1.807, 2.05) is 72.8 Å². The summed E-state index contributed by atoms with van der Waals surface area (Å²) in [5, 5.41) is 2.35. The van der Waals surface area contributed by atoms with Crippen molar-refractivity contribution >= 4 is 10.8 Å². The number of aromatic nitrogens is 3. The van der Waals surface area contributed by atoms with E-state index < -0.39 is 0 Å². The van der Waals surface area contributed by atoms with Crippen molar-refractivity contribution in [3.63, 3.8) is 0 Å². The summed E-state index contributed by atoms with van der Waals surface area (Å²) in [7, 11) is 0. The van der Waals surface area contributed by atoms with E-state index in [1.165, 1.54) is 16.3 Å². The normalized spacial score (nSPS) is 11.6. The molecule has 0 saturated heterocycles. The summed E-state index contributed by atoms with van der Waals surface area (Å²) in [5.41, 5.74) is 9.68. The zero-order valence-electron chi connectivity index (χ0n) is 25.3. The molecular formula is C43H27N3O. The number of benzene rings is 7. The number of hydrogen-bond acceptors (Lipinski definition) is 4. The molecule has 47 heavy (non-hydrogen) atoms. The van der Waals surface area contributed by atoms with Gasteiger partial charge in [-0.2, -0.15) is 0 Å². The first kappa shape index (κ1) is 27.0. The third-order valence-electron chi connectivity index (χ3n) is 8.73. The molecular weight excluding hydrogens is 574 g/mol. The molecule has 0 spiro atoms. The first-order valence-corrected chi connectivity index (χ1v) is 15.7. The monoisotopic (exact) mass is 601 g/mol. The molecule has 0 radical (unpaired) electrons. The fraction of sp³-hybridized carbons (Fsp3) is 0. The van der Waals surface area contributed by atoms with Crippen LogP contribution < -0.4 is 4.74 Å². The Balaban J connectivity index is 1.06. The average Bonchev–Trinajstić information content (AvgIpc) is 3.16. The van der Waals surface area contributed by atoms with Gasteiger partial charge in [-0.3, -0.25) is 0 Å². The smallest absolute Gasteiger partial charge is 0.164 e. The average molecular weight is 602 g/mol. The minimum Gasteiger partial charge on any atom is -0.456 e. The number of fused-ring (bicyclic) bond motifs is 2. The Morgan fingerprint density at radius 3 is 1.49 bits per heavy atom.